The second kappa shape index (κ2) is 6.80. The van der Waals surface area contributed by atoms with Crippen LogP contribution < -0.4 is 21.1 Å². The first kappa shape index (κ1) is 14.2. The van der Waals surface area contributed by atoms with Gasteiger partial charge in [0.05, 0.1) is 12.8 Å². The fourth-order valence-electron chi connectivity index (χ4n) is 1.43. The summed E-state index contributed by atoms with van der Waals surface area (Å²) in [5.74, 6) is 0.520. The van der Waals surface area contributed by atoms with Crippen LogP contribution in [0.1, 0.15) is 18.9 Å². The molecular weight excluding hydrogens is 250 g/mol. The molecule has 0 unspecified atom stereocenters. The number of rotatable bonds is 5. The second-order valence-corrected chi connectivity index (χ2v) is 4.07. The minimum absolute atomic E-state index is 0.208. The van der Waals surface area contributed by atoms with Crippen LogP contribution in [0.5, 0.6) is 5.75 Å². The Morgan fingerprint density at radius 3 is 2.78 bits per heavy atom. The number of para-hydroxylation sites is 1. The Hall–Kier alpha value is -1.82. The van der Waals surface area contributed by atoms with E-state index in [2.05, 4.69) is 10.6 Å². The van der Waals surface area contributed by atoms with Gasteiger partial charge in [-0.25, -0.2) is 4.79 Å². The zero-order valence-electron chi connectivity index (χ0n) is 10.4. The Balaban J connectivity index is 2.97. The Kier molecular flexibility index (Phi) is 5.38. The smallest absolute Gasteiger partial charge is 0.319 e. The molecule has 0 heterocycles. The number of carbonyl (C=O) groups excluding carboxylic acids is 1. The Morgan fingerprint density at radius 2 is 2.22 bits per heavy atom. The van der Waals surface area contributed by atoms with Gasteiger partial charge in [-0.15, -0.1) is 0 Å². The first-order valence-corrected chi connectivity index (χ1v) is 6.02. The van der Waals surface area contributed by atoms with Gasteiger partial charge in [-0.2, -0.15) is 0 Å². The van der Waals surface area contributed by atoms with Gasteiger partial charge in [0.25, 0.3) is 0 Å². The van der Waals surface area contributed by atoms with Crippen molar-refractivity contribution < 1.29 is 9.53 Å². The predicted molar refractivity (Wildman–Crippen MR) is 76.2 cm³/mol. The molecule has 0 aromatic heterocycles. The predicted octanol–water partition coefficient (Wildman–Crippen LogP) is 1.86. The fraction of sp³-hybridized carbons (Fsp3) is 0.333. The van der Waals surface area contributed by atoms with Gasteiger partial charge in [-0.3, -0.25) is 0 Å². The molecule has 2 amide bonds. The van der Waals surface area contributed by atoms with Crippen molar-refractivity contribution in [1.29, 1.82) is 0 Å². The maximum Gasteiger partial charge on any atom is 0.319 e. The summed E-state index contributed by atoms with van der Waals surface area (Å²) in [5, 5.41) is 5.41. The van der Waals surface area contributed by atoms with E-state index >= 15 is 0 Å². The summed E-state index contributed by atoms with van der Waals surface area (Å²) >= 11 is 4.95. The summed E-state index contributed by atoms with van der Waals surface area (Å²) in [4.78, 5) is 11.9. The summed E-state index contributed by atoms with van der Waals surface area (Å²) < 4.78 is 5.18. The van der Waals surface area contributed by atoms with Crippen LogP contribution in [0.25, 0.3) is 0 Å². The van der Waals surface area contributed by atoms with E-state index in [0.29, 0.717) is 23.5 Å². The largest absolute Gasteiger partial charge is 0.495 e. The van der Waals surface area contributed by atoms with Gasteiger partial charge < -0.3 is 21.1 Å². The van der Waals surface area contributed by atoms with E-state index in [1.807, 2.05) is 6.92 Å². The number of carbonyl (C=O) groups is 1. The molecule has 18 heavy (non-hydrogen) atoms. The summed E-state index contributed by atoms with van der Waals surface area (Å²) in [6.07, 6.45) is 0.863. The number of hydrogen-bond donors (Lipinski definition) is 3. The average molecular weight is 267 g/mol. The van der Waals surface area contributed by atoms with Gasteiger partial charge in [-0.1, -0.05) is 25.2 Å². The zero-order valence-corrected chi connectivity index (χ0v) is 11.3. The van der Waals surface area contributed by atoms with Crippen molar-refractivity contribution in [2.45, 2.75) is 13.3 Å². The molecule has 0 spiro atoms. The highest BCUT2D eigenvalue weighted by atomic mass is 32.1. The number of ether oxygens (including phenoxy) is 1. The molecule has 0 atom stereocenters. The number of hydrogen-bond acceptors (Lipinski definition) is 3. The Labute approximate surface area is 112 Å². The van der Waals surface area contributed by atoms with E-state index in [1.165, 1.54) is 7.11 Å². The molecule has 0 saturated heterocycles. The SMILES string of the molecule is CCCNC(=O)Nc1c(OC)cccc1C(N)=S. The van der Waals surface area contributed by atoms with Crippen LogP contribution in [0.4, 0.5) is 10.5 Å². The van der Waals surface area contributed by atoms with E-state index in [0.717, 1.165) is 6.42 Å². The molecular formula is C12H17N3O2S. The monoisotopic (exact) mass is 267 g/mol. The van der Waals surface area contributed by atoms with Crippen LogP contribution in [0.15, 0.2) is 18.2 Å². The van der Waals surface area contributed by atoms with Crippen molar-refractivity contribution >= 4 is 28.9 Å². The van der Waals surface area contributed by atoms with Gasteiger partial charge in [0.15, 0.2) is 0 Å². The van der Waals surface area contributed by atoms with Crippen LogP contribution in [-0.2, 0) is 0 Å². The van der Waals surface area contributed by atoms with Crippen LogP contribution >= 0.6 is 12.2 Å². The number of nitrogens with two attached hydrogens (primary N) is 1. The molecule has 98 valence electrons. The third-order valence-electron chi connectivity index (χ3n) is 2.29. The van der Waals surface area contributed by atoms with Crippen molar-refractivity contribution in [3.05, 3.63) is 23.8 Å². The third-order valence-corrected chi connectivity index (χ3v) is 2.51. The highest BCUT2D eigenvalue weighted by molar-refractivity contribution is 7.80. The van der Waals surface area contributed by atoms with Crippen molar-refractivity contribution in [2.24, 2.45) is 5.73 Å². The average Bonchev–Trinajstić information content (AvgIpc) is 2.36. The van der Waals surface area contributed by atoms with Gasteiger partial charge in [0.1, 0.15) is 10.7 Å². The maximum absolute atomic E-state index is 11.7. The van der Waals surface area contributed by atoms with Gasteiger partial charge in [0, 0.05) is 12.1 Å². The molecule has 0 aliphatic rings. The number of amides is 2. The lowest BCUT2D eigenvalue weighted by atomic mass is 10.1. The van der Waals surface area contributed by atoms with E-state index in [9.17, 15) is 4.79 Å². The quantitative estimate of drug-likeness (QED) is 0.712. The molecule has 0 radical (unpaired) electrons. The lowest BCUT2D eigenvalue weighted by Crippen LogP contribution is -2.30. The first-order chi connectivity index (χ1) is 8.60. The normalized spacial score (nSPS) is 9.67. The van der Waals surface area contributed by atoms with Crippen molar-refractivity contribution in [3.63, 3.8) is 0 Å². The molecule has 0 saturated carbocycles. The number of methoxy groups -OCH3 is 1. The molecule has 0 aliphatic carbocycles. The topological polar surface area (TPSA) is 76.4 Å². The summed E-state index contributed by atoms with van der Waals surface area (Å²) in [6.45, 7) is 2.58. The van der Waals surface area contributed by atoms with Crippen molar-refractivity contribution in [2.75, 3.05) is 19.0 Å². The Morgan fingerprint density at radius 1 is 1.50 bits per heavy atom. The number of benzene rings is 1. The molecule has 5 nitrogen and oxygen atoms in total. The summed E-state index contributed by atoms with van der Waals surface area (Å²) in [6, 6.07) is 4.93. The number of anilines is 1. The van der Waals surface area contributed by atoms with E-state index in [-0.39, 0.29) is 11.0 Å². The zero-order chi connectivity index (χ0) is 13.5. The molecule has 6 heteroatoms. The first-order valence-electron chi connectivity index (χ1n) is 5.61. The van der Waals surface area contributed by atoms with E-state index < -0.39 is 0 Å². The lowest BCUT2D eigenvalue weighted by molar-refractivity contribution is 0.252. The number of nitrogens with one attached hydrogen (secondary N) is 2. The van der Waals surface area contributed by atoms with Gasteiger partial charge in [-0.05, 0) is 18.6 Å². The van der Waals surface area contributed by atoms with Crippen LogP contribution in [-0.4, -0.2) is 24.7 Å². The molecule has 0 bridgehead atoms. The molecule has 1 aromatic rings. The molecule has 4 N–H and O–H groups in total. The van der Waals surface area contributed by atoms with Crippen molar-refractivity contribution in [3.8, 4) is 5.75 Å². The minimum Gasteiger partial charge on any atom is -0.495 e. The standard InChI is InChI=1S/C12H17N3O2S/c1-3-7-14-12(16)15-10-8(11(13)18)5-4-6-9(10)17-2/h4-6H,3,7H2,1-2H3,(H2,13,18)(H2,14,15,16). The van der Waals surface area contributed by atoms with Crippen molar-refractivity contribution in [1.82, 2.24) is 5.32 Å². The maximum atomic E-state index is 11.7. The number of thiocarbonyl (C=S) groups is 1. The highest BCUT2D eigenvalue weighted by Crippen LogP contribution is 2.28. The minimum atomic E-state index is -0.307. The molecule has 0 fully saturated rings. The Bertz CT molecular complexity index is 449. The van der Waals surface area contributed by atoms with Gasteiger partial charge >= 0.3 is 6.03 Å². The third kappa shape index (κ3) is 3.59. The van der Waals surface area contributed by atoms with E-state index in [4.69, 9.17) is 22.7 Å². The van der Waals surface area contributed by atoms with E-state index in [1.54, 1.807) is 18.2 Å². The summed E-state index contributed by atoms with van der Waals surface area (Å²) in [5.41, 5.74) is 6.68. The van der Waals surface area contributed by atoms with Crippen LogP contribution in [0.2, 0.25) is 0 Å². The van der Waals surface area contributed by atoms with Gasteiger partial charge in [0.2, 0.25) is 0 Å². The number of urea groups is 1. The summed E-state index contributed by atoms with van der Waals surface area (Å²) in [7, 11) is 1.52. The lowest BCUT2D eigenvalue weighted by Gasteiger charge is -2.14. The molecule has 0 aliphatic heterocycles. The second-order valence-electron chi connectivity index (χ2n) is 3.63. The highest BCUT2D eigenvalue weighted by Gasteiger charge is 2.13. The molecule has 1 rings (SSSR count). The van der Waals surface area contributed by atoms with Crippen LogP contribution in [0, 0.1) is 0 Å². The van der Waals surface area contributed by atoms with Crippen LogP contribution in [0.3, 0.4) is 0 Å². The fourth-order valence-corrected chi connectivity index (χ4v) is 1.60. The molecule has 1 aromatic carbocycles.